The summed E-state index contributed by atoms with van der Waals surface area (Å²) in [5.74, 6) is 0.484. The Morgan fingerprint density at radius 1 is 0.920 bits per heavy atom. The standard InChI is InChI=1S/C21H18ClNO2/c1-25-19-9-5-8-17(14-19)21(24)23-20(15-6-3-2-4-7-15)16-10-12-18(22)13-11-16/h2-14,20H,1H3,(H,23,24)/t20-/m1/s1. The van der Waals surface area contributed by atoms with E-state index >= 15 is 0 Å². The molecule has 3 rings (SSSR count). The summed E-state index contributed by atoms with van der Waals surface area (Å²) >= 11 is 6.00. The zero-order valence-corrected chi connectivity index (χ0v) is 14.5. The summed E-state index contributed by atoms with van der Waals surface area (Å²) < 4.78 is 5.20. The molecule has 0 aliphatic rings. The quantitative estimate of drug-likeness (QED) is 0.712. The van der Waals surface area contributed by atoms with Crippen LogP contribution in [0.2, 0.25) is 5.02 Å². The SMILES string of the molecule is COc1cccc(C(=O)N[C@H](c2ccccc2)c2ccc(Cl)cc2)c1. The number of carbonyl (C=O) groups is 1. The average Bonchev–Trinajstić information content (AvgIpc) is 2.67. The molecule has 126 valence electrons. The molecule has 0 saturated heterocycles. The summed E-state index contributed by atoms with van der Waals surface area (Å²) in [5, 5.41) is 3.76. The smallest absolute Gasteiger partial charge is 0.252 e. The maximum atomic E-state index is 12.7. The van der Waals surface area contributed by atoms with Crippen molar-refractivity contribution in [3.05, 3.63) is 101 Å². The van der Waals surface area contributed by atoms with Crippen LogP contribution in [-0.2, 0) is 0 Å². The second-order valence-corrected chi connectivity index (χ2v) is 6.04. The molecule has 0 aliphatic heterocycles. The number of hydrogen-bond acceptors (Lipinski definition) is 2. The fourth-order valence-electron chi connectivity index (χ4n) is 2.64. The number of amides is 1. The molecule has 0 saturated carbocycles. The van der Waals surface area contributed by atoms with E-state index in [0.29, 0.717) is 16.3 Å². The Hall–Kier alpha value is -2.78. The summed E-state index contributed by atoms with van der Waals surface area (Å²) in [6.45, 7) is 0. The molecule has 1 amide bonds. The molecule has 0 bridgehead atoms. The molecule has 3 aromatic rings. The predicted molar refractivity (Wildman–Crippen MR) is 100 cm³/mol. The number of hydrogen-bond donors (Lipinski definition) is 1. The fraction of sp³-hybridized carbons (Fsp3) is 0.0952. The molecule has 3 aromatic carbocycles. The molecule has 25 heavy (non-hydrogen) atoms. The van der Waals surface area contributed by atoms with E-state index in [4.69, 9.17) is 16.3 Å². The van der Waals surface area contributed by atoms with Crippen LogP contribution in [0.25, 0.3) is 0 Å². The van der Waals surface area contributed by atoms with Gasteiger partial charge in [0, 0.05) is 10.6 Å². The lowest BCUT2D eigenvalue weighted by molar-refractivity contribution is 0.0942. The molecular formula is C21H18ClNO2. The van der Waals surface area contributed by atoms with E-state index in [0.717, 1.165) is 11.1 Å². The van der Waals surface area contributed by atoms with Crippen LogP contribution in [0, 0.1) is 0 Å². The Bertz CT molecular complexity index is 847. The van der Waals surface area contributed by atoms with Gasteiger partial charge in [-0.15, -0.1) is 0 Å². The van der Waals surface area contributed by atoms with Crippen molar-refractivity contribution < 1.29 is 9.53 Å². The van der Waals surface area contributed by atoms with E-state index < -0.39 is 0 Å². The molecule has 0 unspecified atom stereocenters. The van der Waals surface area contributed by atoms with Crippen molar-refractivity contribution in [3.8, 4) is 5.75 Å². The number of nitrogens with one attached hydrogen (secondary N) is 1. The van der Waals surface area contributed by atoms with Crippen molar-refractivity contribution in [2.24, 2.45) is 0 Å². The molecule has 1 N–H and O–H groups in total. The average molecular weight is 352 g/mol. The predicted octanol–water partition coefficient (Wildman–Crippen LogP) is 4.87. The number of benzene rings is 3. The van der Waals surface area contributed by atoms with Crippen LogP contribution in [-0.4, -0.2) is 13.0 Å². The van der Waals surface area contributed by atoms with Crippen LogP contribution in [0.5, 0.6) is 5.75 Å². The van der Waals surface area contributed by atoms with Crippen molar-refractivity contribution in [2.45, 2.75) is 6.04 Å². The number of methoxy groups -OCH3 is 1. The Morgan fingerprint density at radius 3 is 2.28 bits per heavy atom. The van der Waals surface area contributed by atoms with Crippen LogP contribution >= 0.6 is 11.6 Å². The highest BCUT2D eigenvalue weighted by molar-refractivity contribution is 6.30. The van der Waals surface area contributed by atoms with Gasteiger partial charge in [0.15, 0.2) is 0 Å². The van der Waals surface area contributed by atoms with Crippen LogP contribution in [0.3, 0.4) is 0 Å². The Balaban J connectivity index is 1.92. The van der Waals surface area contributed by atoms with Crippen molar-refractivity contribution in [2.75, 3.05) is 7.11 Å². The first-order valence-electron chi connectivity index (χ1n) is 7.92. The second kappa shape index (κ2) is 7.86. The van der Waals surface area contributed by atoms with E-state index in [1.807, 2.05) is 60.7 Å². The van der Waals surface area contributed by atoms with E-state index in [9.17, 15) is 4.79 Å². The van der Waals surface area contributed by atoms with Gasteiger partial charge in [0.05, 0.1) is 13.2 Å². The summed E-state index contributed by atoms with van der Waals surface area (Å²) in [7, 11) is 1.58. The minimum Gasteiger partial charge on any atom is -0.497 e. The molecule has 3 nitrogen and oxygen atoms in total. The third kappa shape index (κ3) is 4.20. The lowest BCUT2D eigenvalue weighted by Gasteiger charge is -2.20. The van der Waals surface area contributed by atoms with Gasteiger partial charge < -0.3 is 10.1 Å². The van der Waals surface area contributed by atoms with Gasteiger partial charge in [0.2, 0.25) is 0 Å². The lowest BCUT2D eigenvalue weighted by atomic mass is 9.98. The molecule has 0 heterocycles. The molecule has 0 fully saturated rings. The van der Waals surface area contributed by atoms with Gasteiger partial charge in [-0.1, -0.05) is 60.1 Å². The Kier molecular flexibility index (Phi) is 5.36. The Morgan fingerprint density at radius 2 is 1.60 bits per heavy atom. The number of rotatable bonds is 5. The molecule has 0 spiro atoms. The normalized spacial score (nSPS) is 11.6. The van der Waals surface area contributed by atoms with Crippen molar-refractivity contribution in [1.29, 1.82) is 0 Å². The van der Waals surface area contributed by atoms with Crippen molar-refractivity contribution >= 4 is 17.5 Å². The first kappa shape index (κ1) is 17.1. The fourth-order valence-corrected chi connectivity index (χ4v) is 2.76. The van der Waals surface area contributed by atoms with Gasteiger partial charge in [-0.05, 0) is 41.5 Å². The highest BCUT2D eigenvalue weighted by Crippen LogP contribution is 2.24. The number of ether oxygens (including phenoxy) is 1. The minimum absolute atomic E-state index is 0.164. The van der Waals surface area contributed by atoms with Crippen LogP contribution in [0.4, 0.5) is 0 Å². The second-order valence-electron chi connectivity index (χ2n) is 5.60. The Labute approximate surface area is 152 Å². The van der Waals surface area contributed by atoms with Crippen LogP contribution in [0.15, 0.2) is 78.9 Å². The summed E-state index contributed by atoms with van der Waals surface area (Å²) in [6.07, 6.45) is 0. The molecule has 4 heteroatoms. The summed E-state index contributed by atoms with van der Waals surface area (Å²) in [6, 6.07) is 24.2. The van der Waals surface area contributed by atoms with Gasteiger partial charge in [0.25, 0.3) is 5.91 Å². The maximum absolute atomic E-state index is 12.7. The van der Waals surface area contributed by atoms with Crippen molar-refractivity contribution in [1.82, 2.24) is 5.32 Å². The van der Waals surface area contributed by atoms with E-state index in [1.165, 1.54) is 0 Å². The van der Waals surface area contributed by atoms with Gasteiger partial charge in [-0.25, -0.2) is 0 Å². The molecule has 0 aliphatic carbocycles. The number of halogens is 1. The van der Waals surface area contributed by atoms with Gasteiger partial charge in [-0.2, -0.15) is 0 Å². The third-order valence-corrected chi connectivity index (χ3v) is 4.20. The topological polar surface area (TPSA) is 38.3 Å². The molecule has 0 radical (unpaired) electrons. The zero-order chi connectivity index (χ0) is 17.6. The zero-order valence-electron chi connectivity index (χ0n) is 13.8. The first-order chi connectivity index (χ1) is 12.2. The van der Waals surface area contributed by atoms with Gasteiger partial charge in [0.1, 0.15) is 5.75 Å². The van der Waals surface area contributed by atoms with Crippen LogP contribution < -0.4 is 10.1 Å². The van der Waals surface area contributed by atoms with Gasteiger partial charge >= 0.3 is 0 Å². The third-order valence-electron chi connectivity index (χ3n) is 3.94. The first-order valence-corrected chi connectivity index (χ1v) is 8.30. The highest BCUT2D eigenvalue weighted by atomic mass is 35.5. The largest absolute Gasteiger partial charge is 0.497 e. The molecule has 0 aromatic heterocycles. The van der Waals surface area contributed by atoms with Crippen LogP contribution in [0.1, 0.15) is 27.5 Å². The highest BCUT2D eigenvalue weighted by Gasteiger charge is 2.18. The lowest BCUT2D eigenvalue weighted by Crippen LogP contribution is -2.29. The maximum Gasteiger partial charge on any atom is 0.252 e. The monoisotopic (exact) mass is 351 g/mol. The molecular weight excluding hydrogens is 334 g/mol. The van der Waals surface area contributed by atoms with Crippen molar-refractivity contribution in [3.63, 3.8) is 0 Å². The minimum atomic E-state index is -0.267. The number of carbonyl (C=O) groups excluding carboxylic acids is 1. The van der Waals surface area contributed by atoms with E-state index in [1.54, 1.807) is 25.3 Å². The van der Waals surface area contributed by atoms with E-state index in [-0.39, 0.29) is 11.9 Å². The summed E-state index contributed by atoms with van der Waals surface area (Å²) in [4.78, 5) is 12.7. The summed E-state index contributed by atoms with van der Waals surface area (Å²) in [5.41, 5.74) is 2.52. The van der Waals surface area contributed by atoms with E-state index in [2.05, 4.69) is 5.32 Å². The van der Waals surface area contributed by atoms with Gasteiger partial charge in [-0.3, -0.25) is 4.79 Å². The molecule has 1 atom stereocenters.